The molecule has 10 heteroatoms. The maximum Gasteiger partial charge on any atom is 0.411 e. The second kappa shape index (κ2) is 9.76. The molecule has 4 amide bonds. The average Bonchev–Trinajstić information content (AvgIpc) is 3.48. The largest absolute Gasteiger partial charge is 0.444 e. The number of piperidine rings is 2. The van der Waals surface area contributed by atoms with Gasteiger partial charge in [0.1, 0.15) is 17.8 Å². The molecule has 1 aromatic heterocycles. The first-order chi connectivity index (χ1) is 19.1. The SMILES string of the molecule is CC(C)(C)OC(=O)N1CCCCC1n1cc(Cc2ccc3c4c(cccc24)C(=O)N3[C@@H]2CCC(=O)NC2=O)cn1. The molecule has 0 saturated carbocycles. The van der Waals surface area contributed by atoms with Crippen molar-refractivity contribution in [2.45, 2.75) is 77.1 Å². The maximum absolute atomic E-state index is 13.4. The molecule has 6 rings (SSSR count). The molecule has 3 aromatic rings. The fourth-order valence-electron chi connectivity index (χ4n) is 6.03. The number of anilines is 1. The van der Waals surface area contributed by atoms with Gasteiger partial charge < -0.3 is 4.74 Å². The van der Waals surface area contributed by atoms with E-state index >= 15 is 0 Å². The third-order valence-corrected chi connectivity index (χ3v) is 7.79. The Morgan fingerprint density at radius 3 is 2.70 bits per heavy atom. The second-order valence-corrected chi connectivity index (χ2v) is 11.8. The standard InChI is InChI=1S/C30H33N5O5/c1-30(2,3)40-29(39)33-14-5-4-9-25(33)34-17-18(16-31-34)15-19-10-11-22-26-20(19)7-6-8-21(26)28(38)35(22)23-12-13-24(36)32-27(23)37/h6-8,10-11,16-17,23,25H,4-5,9,12-15H2,1-3H3,(H,32,36,37)/t23-,25?/m1/s1. The van der Waals surface area contributed by atoms with Gasteiger partial charge in [0.15, 0.2) is 0 Å². The fourth-order valence-corrected chi connectivity index (χ4v) is 6.03. The van der Waals surface area contributed by atoms with Crippen LogP contribution in [0.4, 0.5) is 10.5 Å². The summed E-state index contributed by atoms with van der Waals surface area (Å²) in [7, 11) is 0. The van der Waals surface area contributed by atoms with Crippen molar-refractivity contribution in [3.05, 3.63) is 59.4 Å². The Labute approximate surface area is 232 Å². The molecule has 208 valence electrons. The number of carbonyl (C=O) groups is 4. The van der Waals surface area contributed by atoms with E-state index in [2.05, 4.69) is 10.4 Å². The Morgan fingerprint density at radius 1 is 1.10 bits per heavy atom. The van der Waals surface area contributed by atoms with E-state index in [1.807, 2.05) is 62.1 Å². The van der Waals surface area contributed by atoms with Gasteiger partial charge in [-0.05, 0) is 75.1 Å². The van der Waals surface area contributed by atoms with Crippen molar-refractivity contribution in [2.24, 2.45) is 0 Å². The first-order valence-electron chi connectivity index (χ1n) is 13.9. The van der Waals surface area contributed by atoms with E-state index in [0.29, 0.717) is 30.6 Å². The summed E-state index contributed by atoms with van der Waals surface area (Å²) < 4.78 is 7.51. The zero-order valence-corrected chi connectivity index (χ0v) is 23.0. The topological polar surface area (TPSA) is 114 Å². The molecular formula is C30H33N5O5. The Kier molecular flexibility index (Phi) is 6.35. The van der Waals surface area contributed by atoms with Gasteiger partial charge in [-0.15, -0.1) is 0 Å². The van der Waals surface area contributed by atoms with Gasteiger partial charge in [0, 0.05) is 36.5 Å². The van der Waals surface area contributed by atoms with E-state index in [0.717, 1.165) is 41.2 Å². The van der Waals surface area contributed by atoms with Crippen molar-refractivity contribution in [1.82, 2.24) is 20.0 Å². The molecule has 4 heterocycles. The number of hydrogen-bond donors (Lipinski definition) is 1. The van der Waals surface area contributed by atoms with Crippen LogP contribution < -0.4 is 10.2 Å². The normalized spacial score (nSPS) is 21.2. The number of nitrogens with zero attached hydrogens (tertiary/aromatic N) is 4. The molecule has 10 nitrogen and oxygen atoms in total. The van der Waals surface area contributed by atoms with Gasteiger partial charge in [-0.25, -0.2) is 9.48 Å². The van der Waals surface area contributed by atoms with E-state index in [9.17, 15) is 19.2 Å². The summed E-state index contributed by atoms with van der Waals surface area (Å²) in [5.41, 5.74) is 2.71. The van der Waals surface area contributed by atoms with Crippen LogP contribution in [0.1, 0.15) is 80.5 Å². The summed E-state index contributed by atoms with van der Waals surface area (Å²) in [6.07, 6.45) is 7.11. The zero-order valence-electron chi connectivity index (χ0n) is 23.0. The second-order valence-electron chi connectivity index (χ2n) is 11.8. The number of nitrogens with one attached hydrogen (secondary N) is 1. The number of benzene rings is 2. The van der Waals surface area contributed by atoms with Crippen LogP contribution in [0.2, 0.25) is 0 Å². The highest BCUT2D eigenvalue weighted by Gasteiger charge is 2.41. The molecule has 2 fully saturated rings. The molecule has 1 unspecified atom stereocenters. The lowest BCUT2D eigenvalue weighted by Crippen LogP contribution is -2.53. The van der Waals surface area contributed by atoms with E-state index < -0.39 is 17.6 Å². The van der Waals surface area contributed by atoms with Crippen molar-refractivity contribution in [2.75, 3.05) is 11.4 Å². The molecule has 0 radical (unpaired) electrons. The van der Waals surface area contributed by atoms with Gasteiger partial charge in [0.2, 0.25) is 11.8 Å². The van der Waals surface area contributed by atoms with Crippen LogP contribution in [0.3, 0.4) is 0 Å². The molecule has 0 spiro atoms. The summed E-state index contributed by atoms with van der Waals surface area (Å²) in [5, 5.41) is 8.76. The number of carbonyl (C=O) groups excluding carboxylic acids is 4. The van der Waals surface area contributed by atoms with Crippen LogP contribution in [-0.2, 0) is 20.7 Å². The molecule has 40 heavy (non-hydrogen) atoms. The van der Waals surface area contributed by atoms with E-state index in [4.69, 9.17) is 4.74 Å². The highest BCUT2D eigenvalue weighted by Crippen LogP contribution is 2.41. The Morgan fingerprint density at radius 2 is 1.93 bits per heavy atom. The number of likely N-dealkylation sites (tertiary alicyclic amines) is 1. The minimum Gasteiger partial charge on any atom is -0.444 e. The summed E-state index contributed by atoms with van der Waals surface area (Å²) in [6.45, 7) is 6.23. The van der Waals surface area contributed by atoms with Crippen LogP contribution in [0, 0.1) is 0 Å². The molecule has 2 atom stereocenters. The predicted octanol–water partition coefficient (Wildman–Crippen LogP) is 4.31. The van der Waals surface area contributed by atoms with Crippen LogP contribution in [-0.4, -0.2) is 56.7 Å². The third kappa shape index (κ3) is 4.61. The Hall–Kier alpha value is -4.21. The molecule has 2 saturated heterocycles. The molecule has 1 N–H and O–H groups in total. The van der Waals surface area contributed by atoms with Crippen molar-refractivity contribution >= 4 is 40.3 Å². The van der Waals surface area contributed by atoms with Crippen LogP contribution in [0.15, 0.2) is 42.7 Å². The lowest BCUT2D eigenvalue weighted by atomic mass is 9.97. The Bertz CT molecular complexity index is 1540. The number of hydrogen-bond acceptors (Lipinski definition) is 6. The van der Waals surface area contributed by atoms with Gasteiger partial charge in [0.25, 0.3) is 5.91 Å². The third-order valence-electron chi connectivity index (χ3n) is 7.79. The summed E-state index contributed by atoms with van der Waals surface area (Å²) in [5.74, 6) is -0.973. The van der Waals surface area contributed by atoms with Crippen molar-refractivity contribution < 1.29 is 23.9 Å². The monoisotopic (exact) mass is 543 g/mol. The Balaban J connectivity index is 1.27. The summed E-state index contributed by atoms with van der Waals surface area (Å²) >= 11 is 0. The van der Waals surface area contributed by atoms with E-state index in [1.165, 1.54) is 4.90 Å². The fraction of sp³-hybridized carbons (Fsp3) is 0.433. The number of ether oxygens (including phenoxy) is 1. The maximum atomic E-state index is 13.4. The van der Waals surface area contributed by atoms with E-state index in [1.54, 1.807) is 11.0 Å². The van der Waals surface area contributed by atoms with Gasteiger partial charge in [-0.3, -0.25) is 29.5 Å². The quantitative estimate of drug-likeness (QED) is 0.491. The van der Waals surface area contributed by atoms with Crippen LogP contribution >= 0.6 is 0 Å². The van der Waals surface area contributed by atoms with Gasteiger partial charge in [-0.1, -0.05) is 18.2 Å². The highest BCUT2D eigenvalue weighted by molar-refractivity contribution is 6.27. The van der Waals surface area contributed by atoms with E-state index in [-0.39, 0.29) is 30.5 Å². The van der Waals surface area contributed by atoms with Gasteiger partial charge >= 0.3 is 6.09 Å². The lowest BCUT2D eigenvalue weighted by molar-refractivity contribution is -0.134. The van der Waals surface area contributed by atoms with Crippen LogP contribution in [0.5, 0.6) is 0 Å². The lowest BCUT2D eigenvalue weighted by Gasteiger charge is -2.36. The highest BCUT2D eigenvalue weighted by atomic mass is 16.6. The first kappa shape index (κ1) is 26.0. The zero-order chi connectivity index (χ0) is 28.2. The number of aromatic nitrogens is 2. The van der Waals surface area contributed by atoms with Crippen LogP contribution in [0.25, 0.3) is 10.8 Å². The molecule has 3 aliphatic rings. The minimum atomic E-state index is -0.715. The summed E-state index contributed by atoms with van der Waals surface area (Å²) in [4.78, 5) is 53.9. The van der Waals surface area contributed by atoms with Gasteiger partial charge in [0.05, 0.1) is 11.9 Å². The number of amides is 4. The van der Waals surface area contributed by atoms with Crippen molar-refractivity contribution in [1.29, 1.82) is 0 Å². The minimum absolute atomic E-state index is 0.202. The molecule has 3 aliphatic heterocycles. The molecule has 0 aliphatic carbocycles. The van der Waals surface area contributed by atoms with Gasteiger partial charge in [-0.2, -0.15) is 5.10 Å². The summed E-state index contributed by atoms with van der Waals surface area (Å²) in [6, 6.07) is 8.81. The first-order valence-corrected chi connectivity index (χ1v) is 13.9. The van der Waals surface area contributed by atoms with Crippen molar-refractivity contribution in [3.63, 3.8) is 0 Å². The molecule has 0 bridgehead atoms. The average molecular weight is 544 g/mol. The molecular weight excluding hydrogens is 510 g/mol. The van der Waals surface area contributed by atoms with Crippen molar-refractivity contribution in [3.8, 4) is 0 Å². The smallest absolute Gasteiger partial charge is 0.411 e. The number of imide groups is 1. The predicted molar refractivity (Wildman–Crippen MR) is 148 cm³/mol. The molecule has 2 aromatic carbocycles. The number of rotatable bonds is 4.